The van der Waals surface area contributed by atoms with Crippen molar-refractivity contribution in [3.63, 3.8) is 0 Å². The molecule has 16 heavy (non-hydrogen) atoms. The molecule has 0 aliphatic heterocycles. The fourth-order valence-corrected chi connectivity index (χ4v) is 1.26. The molecule has 1 aromatic rings. The second-order valence-electron chi connectivity index (χ2n) is 3.21. The van der Waals surface area contributed by atoms with Crippen LogP contribution in [0, 0.1) is 5.82 Å². The molecule has 0 saturated carbocycles. The van der Waals surface area contributed by atoms with Gasteiger partial charge in [-0.05, 0) is 0 Å². The van der Waals surface area contributed by atoms with E-state index in [2.05, 4.69) is 0 Å². The van der Waals surface area contributed by atoms with Gasteiger partial charge in [-0.2, -0.15) is 0 Å². The molecular formula is C10H11FO5. The quantitative estimate of drug-likeness (QED) is 0.574. The SMILES string of the molecule is O=C(O)C(O)C(O)c1cccc(CO)c1F. The second kappa shape index (κ2) is 5.02. The molecule has 0 radical (unpaired) electrons. The predicted molar refractivity (Wildman–Crippen MR) is 50.9 cm³/mol. The number of halogens is 1. The van der Waals surface area contributed by atoms with Gasteiger partial charge < -0.3 is 20.4 Å². The second-order valence-corrected chi connectivity index (χ2v) is 3.21. The highest BCUT2D eigenvalue weighted by Crippen LogP contribution is 2.22. The van der Waals surface area contributed by atoms with Gasteiger partial charge in [-0.15, -0.1) is 0 Å². The zero-order valence-corrected chi connectivity index (χ0v) is 8.17. The average molecular weight is 230 g/mol. The van der Waals surface area contributed by atoms with Gasteiger partial charge in [-0.3, -0.25) is 0 Å². The molecular weight excluding hydrogens is 219 g/mol. The first kappa shape index (κ1) is 12.6. The number of aliphatic hydroxyl groups is 3. The maximum Gasteiger partial charge on any atom is 0.335 e. The molecule has 88 valence electrons. The lowest BCUT2D eigenvalue weighted by molar-refractivity contribution is -0.153. The van der Waals surface area contributed by atoms with Gasteiger partial charge in [0.05, 0.1) is 6.61 Å². The lowest BCUT2D eigenvalue weighted by Gasteiger charge is -2.16. The molecule has 0 bridgehead atoms. The molecule has 0 amide bonds. The van der Waals surface area contributed by atoms with Crippen LogP contribution in [-0.4, -0.2) is 32.5 Å². The number of hydrogen-bond donors (Lipinski definition) is 4. The standard InChI is InChI=1S/C10H11FO5/c11-7-5(4-12)2-1-3-6(7)8(13)9(14)10(15)16/h1-3,8-9,12-14H,4H2,(H,15,16). The van der Waals surface area contributed by atoms with E-state index in [0.717, 1.165) is 6.07 Å². The van der Waals surface area contributed by atoms with Crippen molar-refractivity contribution < 1.29 is 29.6 Å². The molecule has 2 atom stereocenters. The molecule has 0 aromatic heterocycles. The van der Waals surface area contributed by atoms with Crippen LogP contribution in [0.3, 0.4) is 0 Å². The van der Waals surface area contributed by atoms with E-state index in [1.807, 2.05) is 0 Å². The number of carboxylic acid groups (broad SMARTS) is 1. The molecule has 1 aromatic carbocycles. The van der Waals surface area contributed by atoms with Gasteiger partial charge >= 0.3 is 5.97 Å². The van der Waals surface area contributed by atoms with Gasteiger partial charge in [0, 0.05) is 11.1 Å². The zero-order chi connectivity index (χ0) is 12.3. The molecule has 0 saturated heterocycles. The minimum Gasteiger partial charge on any atom is -0.479 e. The van der Waals surface area contributed by atoms with E-state index in [4.69, 9.17) is 15.3 Å². The highest BCUT2D eigenvalue weighted by molar-refractivity contribution is 5.73. The van der Waals surface area contributed by atoms with Gasteiger partial charge in [0.25, 0.3) is 0 Å². The highest BCUT2D eigenvalue weighted by Gasteiger charge is 2.27. The molecule has 4 N–H and O–H groups in total. The van der Waals surface area contributed by atoms with Gasteiger partial charge in [-0.1, -0.05) is 18.2 Å². The maximum atomic E-state index is 13.5. The van der Waals surface area contributed by atoms with Crippen molar-refractivity contribution in [1.82, 2.24) is 0 Å². The fraction of sp³-hybridized carbons (Fsp3) is 0.300. The molecule has 0 aliphatic rings. The Bertz CT molecular complexity index is 393. The predicted octanol–water partition coefficient (Wildman–Crippen LogP) is -0.203. The first-order valence-electron chi connectivity index (χ1n) is 4.46. The van der Waals surface area contributed by atoms with E-state index >= 15 is 0 Å². The largest absolute Gasteiger partial charge is 0.479 e. The minimum atomic E-state index is -2.11. The fourth-order valence-electron chi connectivity index (χ4n) is 1.26. The van der Waals surface area contributed by atoms with Crippen LogP contribution in [0.25, 0.3) is 0 Å². The van der Waals surface area contributed by atoms with E-state index < -0.39 is 30.6 Å². The van der Waals surface area contributed by atoms with Crippen molar-refractivity contribution in [3.8, 4) is 0 Å². The minimum absolute atomic E-state index is 0.0749. The molecule has 2 unspecified atom stereocenters. The van der Waals surface area contributed by atoms with Crippen LogP contribution < -0.4 is 0 Å². The summed E-state index contributed by atoms with van der Waals surface area (Å²) >= 11 is 0. The van der Waals surface area contributed by atoms with E-state index in [1.165, 1.54) is 12.1 Å². The third-order valence-electron chi connectivity index (χ3n) is 2.15. The normalized spacial score (nSPS) is 14.5. The van der Waals surface area contributed by atoms with Crippen molar-refractivity contribution in [2.45, 2.75) is 18.8 Å². The molecule has 0 fully saturated rings. The Balaban J connectivity index is 3.08. The van der Waals surface area contributed by atoms with Crippen LogP contribution in [0.4, 0.5) is 4.39 Å². The summed E-state index contributed by atoms with van der Waals surface area (Å²) in [7, 11) is 0. The summed E-state index contributed by atoms with van der Waals surface area (Å²) in [4.78, 5) is 10.4. The number of aliphatic carboxylic acids is 1. The lowest BCUT2D eigenvalue weighted by Crippen LogP contribution is -2.28. The topological polar surface area (TPSA) is 98.0 Å². The molecule has 1 rings (SSSR count). The summed E-state index contributed by atoms with van der Waals surface area (Å²) in [6.45, 7) is -0.574. The molecule has 5 nitrogen and oxygen atoms in total. The van der Waals surface area contributed by atoms with Crippen molar-refractivity contribution in [2.24, 2.45) is 0 Å². The van der Waals surface area contributed by atoms with Gasteiger partial charge in [0.2, 0.25) is 0 Å². The molecule has 6 heteroatoms. The first-order valence-corrected chi connectivity index (χ1v) is 4.46. The Kier molecular flexibility index (Phi) is 3.94. The first-order chi connectivity index (χ1) is 7.49. The van der Waals surface area contributed by atoms with Crippen LogP contribution in [0.2, 0.25) is 0 Å². The summed E-state index contributed by atoms with van der Waals surface area (Å²) in [6, 6.07) is 3.78. The van der Waals surface area contributed by atoms with E-state index in [-0.39, 0.29) is 11.1 Å². The third kappa shape index (κ3) is 2.35. The van der Waals surface area contributed by atoms with Gasteiger partial charge in [-0.25, -0.2) is 9.18 Å². The highest BCUT2D eigenvalue weighted by atomic mass is 19.1. The van der Waals surface area contributed by atoms with E-state index in [1.54, 1.807) is 0 Å². The number of hydrogen-bond acceptors (Lipinski definition) is 4. The van der Waals surface area contributed by atoms with Gasteiger partial charge in [0.1, 0.15) is 11.9 Å². The van der Waals surface area contributed by atoms with Crippen molar-refractivity contribution in [2.75, 3.05) is 0 Å². The molecule has 0 aliphatic carbocycles. The Morgan fingerprint density at radius 1 is 1.38 bits per heavy atom. The van der Waals surface area contributed by atoms with Crippen molar-refractivity contribution in [1.29, 1.82) is 0 Å². The van der Waals surface area contributed by atoms with Crippen LogP contribution in [-0.2, 0) is 11.4 Å². The summed E-state index contributed by atoms with van der Waals surface area (Å²) in [6.07, 6.45) is -3.98. The number of aliphatic hydroxyl groups excluding tert-OH is 3. The Morgan fingerprint density at radius 2 is 2.00 bits per heavy atom. The van der Waals surface area contributed by atoms with Crippen LogP contribution in [0.1, 0.15) is 17.2 Å². The number of carboxylic acids is 1. The smallest absolute Gasteiger partial charge is 0.335 e. The van der Waals surface area contributed by atoms with Gasteiger partial charge in [0.15, 0.2) is 6.10 Å². The van der Waals surface area contributed by atoms with Crippen molar-refractivity contribution >= 4 is 5.97 Å². The number of benzene rings is 1. The lowest BCUT2D eigenvalue weighted by atomic mass is 10.0. The van der Waals surface area contributed by atoms with E-state index in [9.17, 15) is 14.3 Å². The van der Waals surface area contributed by atoms with Crippen LogP contribution in [0.5, 0.6) is 0 Å². The summed E-state index contributed by atoms with van der Waals surface area (Å²) < 4.78 is 13.5. The average Bonchev–Trinajstić information content (AvgIpc) is 2.27. The van der Waals surface area contributed by atoms with Crippen LogP contribution in [0.15, 0.2) is 18.2 Å². The van der Waals surface area contributed by atoms with E-state index in [0.29, 0.717) is 0 Å². The Morgan fingerprint density at radius 3 is 2.50 bits per heavy atom. The van der Waals surface area contributed by atoms with Crippen LogP contribution >= 0.6 is 0 Å². The summed E-state index contributed by atoms with van der Waals surface area (Å²) in [5.41, 5.74) is -0.435. The Labute approximate surface area is 90.4 Å². The van der Waals surface area contributed by atoms with Crippen molar-refractivity contribution in [3.05, 3.63) is 35.1 Å². The number of carbonyl (C=O) groups is 1. The number of rotatable bonds is 4. The molecule has 0 spiro atoms. The summed E-state index contributed by atoms with van der Waals surface area (Å²) in [5, 5.41) is 35.7. The Hall–Kier alpha value is -1.50. The molecule has 0 heterocycles. The zero-order valence-electron chi connectivity index (χ0n) is 8.17. The maximum absolute atomic E-state index is 13.5. The summed E-state index contributed by atoms with van der Waals surface area (Å²) in [5.74, 6) is -2.57. The monoisotopic (exact) mass is 230 g/mol. The third-order valence-corrected chi connectivity index (χ3v) is 2.15.